The van der Waals surface area contributed by atoms with E-state index in [2.05, 4.69) is 20.4 Å². The Bertz CT molecular complexity index is 806. The Morgan fingerprint density at radius 2 is 1.90 bits per heavy atom. The van der Waals surface area contributed by atoms with Crippen molar-refractivity contribution in [3.05, 3.63) is 65.0 Å². The van der Waals surface area contributed by atoms with Crippen molar-refractivity contribution in [3.8, 4) is 5.75 Å². The maximum absolute atomic E-state index is 13.8. The van der Waals surface area contributed by atoms with E-state index in [1.54, 1.807) is 24.3 Å². The van der Waals surface area contributed by atoms with Crippen molar-refractivity contribution in [2.24, 2.45) is 4.99 Å². The Morgan fingerprint density at radius 1 is 1.17 bits per heavy atom. The summed E-state index contributed by atoms with van der Waals surface area (Å²) < 4.78 is 43.5. The van der Waals surface area contributed by atoms with Gasteiger partial charge in [0.15, 0.2) is 5.96 Å². The molecular weight excluding hydrogens is 498 g/mol. The maximum atomic E-state index is 13.8. The third-order valence-corrected chi connectivity index (χ3v) is 3.91. The van der Waals surface area contributed by atoms with Crippen LogP contribution in [0.2, 0.25) is 0 Å². The van der Waals surface area contributed by atoms with Crippen LogP contribution in [-0.4, -0.2) is 30.8 Å². The van der Waals surface area contributed by atoms with Crippen LogP contribution in [0.25, 0.3) is 0 Å². The van der Waals surface area contributed by atoms with E-state index < -0.39 is 18.5 Å². The highest BCUT2D eigenvalue weighted by molar-refractivity contribution is 14.0. The first-order valence-electron chi connectivity index (χ1n) is 8.89. The first kappa shape index (κ1) is 25.0. The molecule has 1 atom stereocenters. The normalized spacial score (nSPS) is 12.3. The van der Waals surface area contributed by atoms with Crippen LogP contribution in [0.15, 0.2) is 47.5 Å². The summed E-state index contributed by atoms with van der Waals surface area (Å²) in [5.41, 5.74) is 1.57. The molecule has 2 rings (SSSR count). The lowest BCUT2D eigenvalue weighted by Crippen LogP contribution is -2.39. The SMILES string of the molecule is CCNC(=NCc1cc(C)ccc1OC(F)F)NCC(O)c1ccccc1F.I. The molecule has 0 aliphatic heterocycles. The summed E-state index contributed by atoms with van der Waals surface area (Å²) in [4.78, 5) is 4.35. The van der Waals surface area contributed by atoms with Gasteiger partial charge in [0.25, 0.3) is 0 Å². The average molecular weight is 523 g/mol. The number of rotatable bonds is 8. The van der Waals surface area contributed by atoms with Gasteiger partial charge in [0.05, 0.1) is 12.6 Å². The van der Waals surface area contributed by atoms with Crippen molar-refractivity contribution >= 4 is 29.9 Å². The molecule has 3 N–H and O–H groups in total. The predicted molar refractivity (Wildman–Crippen MR) is 117 cm³/mol. The van der Waals surface area contributed by atoms with Crippen LogP contribution in [0.5, 0.6) is 5.75 Å². The molecule has 0 heterocycles. The van der Waals surface area contributed by atoms with Crippen LogP contribution in [0.3, 0.4) is 0 Å². The van der Waals surface area contributed by atoms with Gasteiger partial charge in [0, 0.05) is 24.2 Å². The summed E-state index contributed by atoms with van der Waals surface area (Å²) in [6.07, 6.45) is -1.07. The van der Waals surface area contributed by atoms with Crippen molar-refractivity contribution in [3.63, 3.8) is 0 Å². The van der Waals surface area contributed by atoms with Gasteiger partial charge in [-0.25, -0.2) is 9.38 Å². The van der Waals surface area contributed by atoms with Crippen molar-refractivity contribution in [1.82, 2.24) is 10.6 Å². The second kappa shape index (κ2) is 12.5. The summed E-state index contributed by atoms with van der Waals surface area (Å²) in [5.74, 6) is -0.0683. The molecule has 0 radical (unpaired) electrons. The summed E-state index contributed by atoms with van der Waals surface area (Å²) >= 11 is 0. The molecular formula is C20H25F3IN3O2. The van der Waals surface area contributed by atoms with Crippen LogP contribution in [0.1, 0.15) is 29.7 Å². The minimum absolute atomic E-state index is 0. The molecule has 2 aromatic carbocycles. The van der Waals surface area contributed by atoms with E-state index in [1.165, 1.54) is 18.2 Å². The molecule has 0 aliphatic carbocycles. The Morgan fingerprint density at radius 3 is 2.55 bits per heavy atom. The number of ether oxygens (including phenoxy) is 1. The van der Waals surface area contributed by atoms with Gasteiger partial charge >= 0.3 is 6.61 Å². The molecule has 160 valence electrons. The Labute approximate surface area is 185 Å². The second-order valence-electron chi connectivity index (χ2n) is 6.10. The number of aliphatic hydroxyl groups is 1. The van der Waals surface area contributed by atoms with E-state index in [0.29, 0.717) is 18.1 Å². The first-order valence-corrected chi connectivity index (χ1v) is 8.89. The topological polar surface area (TPSA) is 65.9 Å². The highest BCUT2D eigenvalue weighted by Crippen LogP contribution is 2.23. The van der Waals surface area contributed by atoms with E-state index in [4.69, 9.17) is 0 Å². The van der Waals surface area contributed by atoms with Crippen molar-refractivity contribution in [2.45, 2.75) is 33.1 Å². The second-order valence-corrected chi connectivity index (χ2v) is 6.10. The molecule has 0 fully saturated rings. The zero-order valence-electron chi connectivity index (χ0n) is 16.2. The number of hydrogen-bond acceptors (Lipinski definition) is 3. The number of guanidine groups is 1. The van der Waals surface area contributed by atoms with Crippen LogP contribution in [-0.2, 0) is 6.54 Å². The van der Waals surface area contributed by atoms with Gasteiger partial charge in [-0.05, 0) is 26.0 Å². The van der Waals surface area contributed by atoms with E-state index in [1.807, 2.05) is 13.8 Å². The molecule has 2 aromatic rings. The molecule has 0 bridgehead atoms. The summed E-state index contributed by atoms with van der Waals surface area (Å²) in [6.45, 7) is 1.45. The fourth-order valence-electron chi connectivity index (χ4n) is 2.60. The van der Waals surface area contributed by atoms with Gasteiger partial charge in [-0.15, -0.1) is 24.0 Å². The highest BCUT2D eigenvalue weighted by atomic mass is 127. The summed E-state index contributed by atoms with van der Waals surface area (Å²) in [5, 5.41) is 16.1. The number of benzene rings is 2. The standard InChI is InChI=1S/C20H24F3N3O2.HI/c1-3-24-20(26-12-17(27)15-6-4-5-7-16(15)21)25-11-14-10-13(2)8-9-18(14)28-19(22)23;/h4-10,17,19,27H,3,11-12H2,1-2H3,(H2,24,25,26);1H. The quantitative estimate of drug-likeness (QED) is 0.277. The van der Waals surface area contributed by atoms with Crippen molar-refractivity contribution in [1.29, 1.82) is 0 Å². The van der Waals surface area contributed by atoms with Crippen molar-refractivity contribution in [2.75, 3.05) is 13.1 Å². The Kier molecular flexibility index (Phi) is 10.8. The van der Waals surface area contributed by atoms with Gasteiger partial charge in [0.1, 0.15) is 11.6 Å². The van der Waals surface area contributed by atoms with Gasteiger partial charge in [-0.2, -0.15) is 8.78 Å². The number of alkyl halides is 2. The lowest BCUT2D eigenvalue weighted by atomic mass is 10.1. The summed E-state index contributed by atoms with van der Waals surface area (Å²) in [6, 6.07) is 10.9. The molecule has 0 saturated carbocycles. The molecule has 0 aliphatic rings. The fourth-order valence-corrected chi connectivity index (χ4v) is 2.60. The van der Waals surface area contributed by atoms with Gasteiger partial charge in [-0.3, -0.25) is 0 Å². The molecule has 0 saturated heterocycles. The largest absolute Gasteiger partial charge is 0.434 e. The molecule has 5 nitrogen and oxygen atoms in total. The molecule has 9 heteroatoms. The number of aryl methyl sites for hydroxylation is 1. The monoisotopic (exact) mass is 523 g/mol. The van der Waals surface area contributed by atoms with Crippen LogP contribution in [0, 0.1) is 12.7 Å². The third-order valence-electron chi connectivity index (χ3n) is 3.91. The third kappa shape index (κ3) is 8.09. The number of nitrogens with one attached hydrogen (secondary N) is 2. The number of nitrogens with zero attached hydrogens (tertiary/aromatic N) is 1. The predicted octanol–water partition coefficient (Wildman–Crippen LogP) is 4.14. The number of hydrogen-bond donors (Lipinski definition) is 3. The van der Waals surface area contributed by atoms with Crippen LogP contribution >= 0.6 is 24.0 Å². The van der Waals surface area contributed by atoms with E-state index in [-0.39, 0.29) is 48.4 Å². The van der Waals surface area contributed by atoms with Crippen LogP contribution in [0.4, 0.5) is 13.2 Å². The molecule has 0 aromatic heterocycles. The zero-order chi connectivity index (χ0) is 20.5. The minimum Gasteiger partial charge on any atom is -0.434 e. The Balaban J connectivity index is 0.00000420. The highest BCUT2D eigenvalue weighted by Gasteiger charge is 2.13. The van der Waals surface area contributed by atoms with Gasteiger partial charge < -0.3 is 20.5 Å². The number of halogens is 4. The lowest BCUT2D eigenvalue weighted by molar-refractivity contribution is -0.0504. The lowest BCUT2D eigenvalue weighted by Gasteiger charge is -2.16. The Hall–Kier alpha value is -2.01. The number of aliphatic imine (C=N–C) groups is 1. The van der Waals surface area contributed by atoms with Gasteiger partial charge in [-0.1, -0.05) is 35.9 Å². The fraction of sp³-hybridized carbons (Fsp3) is 0.350. The molecule has 0 spiro atoms. The van der Waals surface area contributed by atoms with E-state index in [0.717, 1.165) is 5.56 Å². The van der Waals surface area contributed by atoms with Gasteiger partial charge in [0.2, 0.25) is 0 Å². The molecule has 29 heavy (non-hydrogen) atoms. The van der Waals surface area contributed by atoms with Crippen molar-refractivity contribution < 1.29 is 23.0 Å². The first-order chi connectivity index (χ1) is 13.4. The smallest absolute Gasteiger partial charge is 0.387 e. The molecule has 0 amide bonds. The zero-order valence-corrected chi connectivity index (χ0v) is 18.5. The maximum Gasteiger partial charge on any atom is 0.387 e. The van der Waals surface area contributed by atoms with Crippen LogP contribution < -0.4 is 15.4 Å². The molecule has 1 unspecified atom stereocenters. The average Bonchev–Trinajstić information content (AvgIpc) is 2.65. The van der Waals surface area contributed by atoms with E-state index >= 15 is 0 Å². The van der Waals surface area contributed by atoms with E-state index in [9.17, 15) is 18.3 Å². The summed E-state index contributed by atoms with van der Waals surface area (Å²) in [7, 11) is 0. The minimum atomic E-state index is -2.92. The number of aliphatic hydroxyl groups excluding tert-OH is 1.